The molecule has 0 spiro atoms. The van der Waals surface area contributed by atoms with Crippen molar-refractivity contribution in [1.29, 1.82) is 0 Å². The van der Waals surface area contributed by atoms with E-state index in [0.717, 1.165) is 18.4 Å². The molecular weight excluding hydrogens is 268 g/mol. The van der Waals surface area contributed by atoms with Gasteiger partial charge in [-0.15, -0.1) is 0 Å². The molecular formula is C16H26N2O3. The smallest absolute Gasteiger partial charge is 0.311 e. The summed E-state index contributed by atoms with van der Waals surface area (Å²) in [6.45, 7) is 9.43. The lowest BCUT2D eigenvalue weighted by Crippen LogP contribution is -2.21. The molecule has 5 heteroatoms. The molecule has 1 unspecified atom stereocenters. The van der Waals surface area contributed by atoms with Gasteiger partial charge in [-0.25, -0.2) is 0 Å². The SMILES string of the molecule is CCCC(C)COc1ccc(CNC(C)C)cc1[N+](=O)[O-]. The third-order valence-corrected chi connectivity index (χ3v) is 3.24. The summed E-state index contributed by atoms with van der Waals surface area (Å²) < 4.78 is 5.63. The molecule has 1 aromatic carbocycles. The largest absolute Gasteiger partial charge is 0.487 e. The van der Waals surface area contributed by atoms with Gasteiger partial charge in [-0.05, 0) is 24.0 Å². The van der Waals surface area contributed by atoms with E-state index in [9.17, 15) is 10.1 Å². The molecule has 21 heavy (non-hydrogen) atoms. The lowest BCUT2D eigenvalue weighted by atomic mass is 10.1. The number of nitrogens with zero attached hydrogens (tertiary/aromatic N) is 1. The van der Waals surface area contributed by atoms with Crippen LogP contribution in [0, 0.1) is 16.0 Å². The van der Waals surface area contributed by atoms with E-state index in [4.69, 9.17) is 4.74 Å². The molecule has 0 aliphatic rings. The number of nitro groups is 1. The summed E-state index contributed by atoms with van der Waals surface area (Å²) in [4.78, 5) is 10.8. The molecule has 0 aliphatic carbocycles. The van der Waals surface area contributed by atoms with Crippen LogP contribution in [0.5, 0.6) is 5.75 Å². The highest BCUT2D eigenvalue weighted by Crippen LogP contribution is 2.28. The first-order valence-electron chi connectivity index (χ1n) is 7.57. The second-order valence-electron chi connectivity index (χ2n) is 5.80. The molecule has 0 saturated carbocycles. The maximum atomic E-state index is 11.2. The molecule has 0 saturated heterocycles. The quantitative estimate of drug-likeness (QED) is 0.554. The maximum absolute atomic E-state index is 11.2. The molecule has 5 nitrogen and oxygen atoms in total. The topological polar surface area (TPSA) is 64.4 Å². The van der Waals surface area contributed by atoms with Gasteiger partial charge in [0.1, 0.15) is 0 Å². The van der Waals surface area contributed by atoms with Gasteiger partial charge in [0, 0.05) is 18.7 Å². The molecule has 118 valence electrons. The highest BCUT2D eigenvalue weighted by molar-refractivity contribution is 5.48. The minimum Gasteiger partial charge on any atom is -0.487 e. The van der Waals surface area contributed by atoms with Crippen LogP contribution in [0.15, 0.2) is 18.2 Å². The van der Waals surface area contributed by atoms with Crippen LogP contribution < -0.4 is 10.1 Å². The molecule has 0 fully saturated rings. The minimum absolute atomic E-state index is 0.0433. The van der Waals surface area contributed by atoms with Crippen LogP contribution in [0.25, 0.3) is 0 Å². The van der Waals surface area contributed by atoms with Crippen LogP contribution in [0.3, 0.4) is 0 Å². The van der Waals surface area contributed by atoms with E-state index in [2.05, 4.69) is 19.2 Å². The zero-order valence-electron chi connectivity index (χ0n) is 13.4. The van der Waals surface area contributed by atoms with Gasteiger partial charge in [0.25, 0.3) is 0 Å². The lowest BCUT2D eigenvalue weighted by Gasteiger charge is -2.13. The summed E-state index contributed by atoms with van der Waals surface area (Å²) in [5, 5.41) is 14.4. The van der Waals surface area contributed by atoms with Gasteiger partial charge < -0.3 is 10.1 Å². The first-order chi connectivity index (χ1) is 9.93. The summed E-state index contributed by atoms with van der Waals surface area (Å²) in [6.07, 6.45) is 2.15. The van der Waals surface area contributed by atoms with Crippen LogP contribution >= 0.6 is 0 Å². The van der Waals surface area contributed by atoms with Gasteiger partial charge in [-0.1, -0.05) is 40.2 Å². The Kier molecular flexibility index (Phi) is 7.15. The second-order valence-corrected chi connectivity index (χ2v) is 5.80. The van der Waals surface area contributed by atoms with Gasteiger partial charge >= 0.3 is 5.69 Å². The van der Waals surface area contributed by atoms with Crippen molar-refractivity contribution in [2.45, 2.75) is 53.1 Å². The fourth-order valence-electron chi connectivity index (χ4n) is 2.07. The third-order valence-electron chi connectivity index (χ3n) is 3.24. The second kappa shape index (κ2) is 8.62. The molecule has 1 aromatic rings. The zero-order chi connectivity index (χ0) is 15.8. The Morgan fingerprint density at radius 2 is 2.05 bits per heavy atom. The van der Waals surface area contributed by atoms with E-state index in [0.29, 0.717) is 30.9 Å². The molecule has 0 radical (unpaired) electrons. The summed E-state index contributed by atoms with van der Waals surface area (Å²) in [7, 11) is 0. The zero-order valence-corrected chi connectivity index (χ0v) is 13.4. The number of hydrogen-bond acceptors (Lipinski definition) is 4. The molecule has 0 aliphatic heterocycles. The van der Waals surface area contributed by atoms with Crippen molar-refractivity contribution in [1.82, 2.24) is 5.32 Å². The van der Waals surface area contributed by atoms with E-state index in [1.165, 1.54) is 0 Å². The van der Waals surface area contributed by atoms with Crippen LogP contribution in [0.4, 0.5) is 5.69 Å². The van der Waals surface area contributed by atoms with Gasteiger partial charge in [0.15, 0.2) is 5.75 Å². The van der Waals surface area contributed by atoms with Gasteiger partial charge in [-0.3, -0.25) is 10.1 Å². The summed E-state index contributed by atoms with van der Waals surface area (Å²) >= 11 is 0. The number of nitro benzene ring substituents is 1. The third kappa shape index (κ3) is 6.12. The Bertz CT molecular complexity index is 461. The Labute approximate surface area is 126 Å². The predicted octanol–water partition coefficient (Wildman–Crippen LogP) is 3.91. The maximum Gasteiger partial charge on any atom is 0.311 e. The summed E-state index contributed by atoms with van der Waals surface area (Å²) in [6, 6.07) is 5.51. The fourth-order valence-corrected chi connectivity index (χ4v) is 2.07. The highest BCUT2D eigenvalue weighted by Gasteiger charge is 2.17. The molecule has 1 N–H and O–H groups in total. The van der Waals surface area contributed by atoms with Crippen molar-refractivity contribution in [3.05, 3.63) is 33.9 Å². The standard InChI is InChI=1S/C16H26N2O3/c1-5-6-13(4)11-21-16-8-7-14(10-17-12(2)3)9-15(16)18(19)20/h7-9,12-13,17H,5-6,10-11H2,1-4H3. The van der Waals surface area contributed by atoms with Gasteiger partial charge in [0.05, 0.1) is 11.5 Å². The monoisotopic (exact) mass is 294 g/mol. The average molecular weight is 294 g/mol. The van der Waals surface area contributed by atoms with Crippen molar-refractivity contribution in [2.24, 2.45) is 5.92 Å². The van der Waals surface area contributed by atoms with Crippen molar-refractivity contribution in [3.8, 4) is 5.75 Å². The first kappa shape index (κ1) is 17.4. The van der Waals surface area contributed by atoms with E-state index < -0.39 is 0 Å². The summed E-state index contributed by atoms with van der Waals surface area (Å²) in [5.74, 6) is 0.758. The van der Waals surface area contributed by atoms with Crippen molar-refractivity contribution in [3.63, 3.8) is 0 Å². The van der Waals surface area contributed by atoms with E-state index in [1.807, 2.05) is 19.9 Å². The predicted molar refractivity (Wildman–Crippen MR) is 84.6 cm³/mol. The van der Waals surface area contributed by atoms with Crippen molar-refractivity contribution < 1.29 is 9.66 Å². The Balaban J connectivity index is 2.77. The van der Waals surface area contributed by atoms with Crippen molar-refractivity contribution in [2.75, 3.05) is 6.61 Å². The number of ether oxygens (including phenoxy) is 1. The average Bonchev–Trinajstić information content (AvgIpc) is 2.43. The molecule has 0 amide bonds. The van der Waals surface area contributed by atoms with Crippen molar-refractivity contribution >= 4 is 5.69 Å². The Morgan fingerprint density at radius 3 is 2.62 bits per heavy atom. The molecule has 1 atom stereocenters. The van der Waals surface area contributed by atoms with Crippen LogP contribution in [0.1, 0.15) is 46.1 Å². The molecule has 0 aromatic heterocycles. The van der Waals surface area contributed by atoms with E-state index in [-0.39, 0.29) is 10.6 Å². The van der Waals surface area contributed by atoms with Gasteiger partial charge in [-0.2, -0.15) is 0 Å². The number of hydrogen-bond donors (Lipinski definition) is 1. The normalized spacial score (nSPS) is 12.4. The molecule has 0 bridgehead atoms. The Morgan fingerprint density at radius 1 is 1.33 bits per heavy atom. The first-order valence-corrected chi connectivity index (χ1v) is 7.57. The van der Waals surface area contributed by atoms with Crippen LogP contribution in [0.2, 0.25) is 0 Å². The lowest BCUT2D eigenvalue weighted by molar-refractivity contribution is -0.386. The van der Waals surface area contributed by atoms with Crippen LogP contribution in [-0.4, -0.2) is 17.6 Å². The fraction of sp³-hybridized carbons (Fsp3) is 0.625. The Hall–Kier alpha value is -1.62. The van der Waals surface area contributed by atoms with Crippen LogP contribution in [-0.2, 0) is 6.54 Å². The molecule has 0 heterocycles. The minimum atomic E-state index is -0.376. The van der Waals surface area contributed by atoms with E-state index in [1.54, 1.807) is 12.1 Å². The van der Waals surface area contributed by atoms with Gasteiger partial charge in [0.2, 0.25) is 0 Å². The highest BCUT2D eigenvalue weighted by atomic mass is 16.6. The number of benzene rings is 1. The molecule has 1 rings (SSSR count). The number of nitrogens with one attached hydrogen (secondary N) is 1. The van der Waals surface area contributed by atoms with E-state index >= 15 is 0 Å². The summed E-state index contributed by atoms with van der Waals surface area (Å²) in [5.41, 5.74) is 0.936. The number of rotatable bonds is 9.